The highest BCUT2D eigenvalue weighted by Gasteiger charge is 2.22. The second-order valence-corrected chi connectivity index (χ2v) is 4.72. The highest BCUT2D eigenvalue weighted by Crippen LogP contribution is 2.15. The van der Waals surface area contributed by atoms with E-state index in [1.807, 2.05) is 17.9 Å². The molecule has 14 heavy (non-hydrogen) atoms. The van der Waals surface area contributed by atoms with Gasteiger partial charge in [-0.1, -0.05) is 0 Å². The molecule has 4 nitrogen and oxygen atoms in total. The second-order valence-electron chi connectivity index (χ2n) is 3.86. The number of halogens is 1. The van der Waals surface area contributed by atoms with E-state index in [0.29, 0.717) is 6.04 Å². The summed E-state index contributed by atoms with van der Waals surface area (Å²) in [5.41, 5.74) is 1.21. The Morgan fingerprint density at radius 3 is 2.79 bits per heavy atom. The first-order valence-electron chi connectivity index (χ1n) is 4.75. The number of nitrogens with one attached hydrogen (secondary N) is 1. The van der Waals surface area contributed by atoms with Crippen molar-refractivity contribution >= 4 is 15.9 Å². The van der Waals surface area contributed by atoms with Gasteiger partial charge in [0.15, 0.2) is 0 Å². The highest BCUT2D eigenvalue weighted by molar-refractivity contribution is 9.10. The third-order valence-corrected chi connectivity index (χ3v) is 3.30. The Balaban J connectivity index is 1.86. The fourth-order valence-corrected chi connectivity index (χ4v) is 2.19. The standard InChI is InChI=1S/C9H15BrN4/c1-13-5-7(6-13)11-4-9-8(10)3-12-14(9)2/h3,7,11H,4-6H2,1-2H3. The first-order valence-corrected chi connectivity index (χ1v) is 5.54. The molecule has 0 aromatic carbocycles. The third-order valence-electron chi connectivity index (χ3n) is 2.63. The lowest BCUT2D eigenvalue weighted by atomic mass is 10.1. The number of likely N-dealkylation sites (tertiary alicyclic amines) is 1. The minimum Gasteiger partial charge on any atom is -0.306 e. The Morgan fingerprint density at radius 2 is 2.29 bits per heavy atom. The van der Waals surface area contributed by atoms with Gasteiger partial charge >= 0.3 is 0 Å². The van der Waals surface area contributed by atoms with Gasteiger partial charge in [-0.3, -0.25) is 4.68 Å². The van der Waals surface area contributed by atoms with Crippen molar-refractivity contribution in [1.29, 1.82) is 0 Å². The number of likely N-dealkylation sites (N-methyl/N-ethyl adjacent to an activating group) is 1. The lowest BCUT2D eigenvalue weighted by molar-refractivity contribution is 0.160. The van der Waals surface area contributed by atoms with Gasteiger partial charge in [-0.15, -0.1) is 0 Å². The molecule has 5 heteroatoms. The van der Waals surface area contributed by atoms with Crippen LogP contribution in [0.3, 0.4) is 0 Å². The van der Waals surface area contributed by atoms with E-state index in [1.54, 1.807) is 0 Å². The van der Waals surface area contributed by atoms with E-state index in [1.165, 1.54) is 5.69 Å². The average Bonchev–Trinajstić information content (AvgIpc) is 2.40. The minimum absolute atomic E-state index is 0.641. The van der Waals surface area contributed by atoms with Gasteiger partial charge in [-0.25, -0.2) is 0 Å². The zero-order valence-corrected chi connectivity index (χ0v) is 10.1. The van der Waals surface area contributed by atoms with Crippen LogP contribution in [-0.4, -0.2) is 40.9 Å². The summed E-state index contributed by atoms with van der Waals surface area (Å²) in [5, 5.41) is 7.67. The zero-order chi connectivity index (χ0) is 10.1. The molecular formula is C9H15BrN4. The van der Waals surface area contributed by atoms with Crippen LogP contribution < -0.4 is 5.32 Å². The summed E-state index contributed by atoms with van der Waals surface area (Å²) in [7, 11) is 4.10. The predicted molar refractivity (Wildman–Crippen MR) is 59.0 cm³/mol. The molecule has 0 saturated carbocycles. The summed E-state index contributed by atoms with van der Waals surface area (Å²) in [5.74, 6) is 0. The first-order chi connectivity index (χ1) is 6.66. The minimum atomic E-state index is 0.641. The van der Waals surface area contributed by atoms with Crippen LogP contribution in [0.5, 0.6) is 0 Å². The van der Waals surface area contributed by atoms with Crippen molar-refractivity contribution in [2.75, 3.05) is 20.1 Å². The van der Waals surface area contributed by atoms with Gasteiger partial charge < -0.3 is 10.2 Å². The van der Waals surface area contributed by atoms with E-state index in [9.17, 15) is 0 Å². The molecule has 1 aliphatic rings. The van der Waals surface area contributed by atoms with Gasteiger partial charge in [-0.05, 0) is 23.0 Å². The summed E-state index contributed by atoms with van der Waals surface area (Å²) < 4.78 is 2.99. The van der Waals surface area contributed by atoms with Crippen molar-refractivity contribution in [2.24, 2.45) is 7.05 Å². The van der Waals surface area contributed by atoms with Crippen LogP contribution >= 0.6 is 15.9 Å². The molecule has 78 valence electrons. The number of nitrogens with zero attached hydrogens (tertiary/aromatic N) is 3. The number of aryl methyl sites for hydroxylation is 1. The molecule has 0 bridgehead atoms. The molecule has 0 spiro atoms. The van der Waals surface area contributed by atoms with Gasteiger partial charge in [-0.2, -0.15) is 5.10 Å². The van der Waals surface area contributed by atoms with Crippen molar-refractivity contribution in [3.8, 4) is 0 Å². The van der Waals surface area contributed by atoms with Crippen LogP contribution in [-0.2, 0) is 13.6 Å². The van der Waals surface area contributed by atoms with E-state index in [2.05, 4.69) is 38.3 Å². The van der Waals surface area contributed by atoms with Gasteiger partial charge in [0.1, 0.15) is 0 Å². The Kier molecular flexibility index (Phi) is 2.90. The van der Waals surface area contributed by atoms with Crippen LogP contribution in [0.1, 0.15) is 5.69 Å². The van der Waals surface area contributed by atoms with E-state index < -0.39 is 0 Å². The van der Waals surface area contributed by atoms with Gasteiger partial charge in [0.05, 0.1) is 16.4 Å². The largest absolute Gasteiger partial charge is 0.306 e. The van der Waals surface area contributed by atoms with Crippen LogP contribution in [0.25, 0.3) is 0 Å². The quantitative estimate of drug-likeness (QED) is 0.862. The Morgan fingerprint density at radius 1 is 1.57 bits per heavy atom. The lowest BCUT2D eigenvalue weighted by Gasteiger charge is -2.36. The summed E-state index contributed by atoms with van der Waals surface area (Å²) >= 11 is 3.49. The molecule has 0 amide bonds. The Labute approximate surface area is 92.4 Å². The normalized spacial score (nSPS) is 18.5. The van der Waals surface area contributed by atoms with Crippen molar-refractivity contribution in [2.45, 2.75) is 12.6 Å². The number of rotatable bonds is 3. The number of hydrogen-bond donors (Lipinski definition) is 1. The maximum Gasteiger partial charge on any atom is 0.0660 e. The zero-order valence-electron chi connectivity index (χ0n) is 8.50. The van der Waals surface area contributed by atoms with E-state index in [4.69, 9.17) is 0 Å². The molecule has 0 atom stereocenters. The number of hydrogen-bond acceptors (Lipinski definition) is 3. The van der Waals surface area contributed by atoms with Crippen LogP contribution in [0, 0.1) is 0 Å². The molecule has 1 aliphatic heterocycles. The monoisotopic (exact) mass is 258 g/mol. The molecule has 2 rings (SSSR count). The molecule has 0 radical (unpaired) electrons. The third kappa shape index (κ3) is 1.99. The molecule has 1 saturated heterocycles. The van der Waals surface area contributed by atoms with Crippen molar-refractivity contribution < 1.29 is 0 Å². The van der Waals surface area contributed by atoms with Crippen molar-refractivity contribution in [3.05, 3.63) is 16.4 Å². The van der Waals surface area contributed by atoms with Crippen molar-refractivity contribution in [1.82, 2.24) is 20.0 Å². The molecule has 1 N–H and O–H groups in total. The van der Waals surface area contributed by atoms with E-state index in [0.717, 1.165) is 24.1 Å². The van der Waals surface area contributed by atoms with Crippen molar-refractivity contribution in [3.63, 3.8) is 0 Å². The summed E-state index contributed by atoms with van der Waals surface area (Å²) in [6.45, 7) is 3.18. The molecule has 0 unspecified atom stereocenters. The lowest BCUT2D eigenvalue weighted by Crippen LogP contribution is -2.55. The van der Waals surface area contributed by atoms with E-state index in [-0.39, 0.29) is 0 Å². The summed E-state index contributed by atoms with van der Waals surface area (Å²) in [6, 6.07) is 0.641. The highest BCUT2D eigenvalue weighted by atomic mass is 79.9. The maximum atomic E-state index is 4.17. The first kappa shape index (κ1) is 10.1. The Hall–Kier alpha value is -0.390. The van der Waals surface area contributed by atoms with Crippen LogP contribution in [0.2, 0.25) is 0 Å². The fourth-order valence-electron chi connectivity index (χ4n) is 1.70. The molecule has 0 aliphatic carbocycles. The van der Waals surface area contributed by atoms with Gasteiger partial charge in [0.2, 0.25) is 0 Å². The maximum absolute atomic E-state index is 4.17. The summed E-state index contributed by atoms with van der Waals surface area (Å²) in [6.07, 6.45) is 1.84. The van der Waals surface area contributed by atoms with Crippen LogP contribution in [0.4, 0.5) is 0 Å². The van der Waals surface area contributed by atoms with E-state index >= 15 is 0 Å². The topological polar surface area (TPSA) is 33.1 Å². The molecular weight excluding hydrogens is 244 g/mol. The molecule has 2 heterocycles. The van der Waals surface area contributed by atoms with Gasteiger partial charge in [0, 0.05) is 32.7 Å². The molecule has 1 aromatic rings. The second kappa shape index (κ2) is 4.00. The Bertz CT molecular complexity index is 297. The smallest absolute Gasteiger partial charge is 0.0660 e. The fraction of sp³-hybridized carbons (Fsp3) is 0.667. The SMILES string of the molecule is CN1CC(NCc2c(Br)cnn2C)C1. The molecule has 1 aromatic heterocycles. The van der Waals surface area contributed by atoms with Crippen LogP contribution in [0.15, 0.2) is 10.7 Å². The van der Waals surface area contributed by atoms with Gasteiger partial charge in [0.25, 0.3) is 0 Å². The molecule has 1 fully saturated rings. The summed E-state index contributed by atoms with van der Waals surface area (Å²) in [4.78, 5) is 2.30. The number of aromatic nitrogens is 2. The predicted octanol–water partition coefficient (Wildman–Crippen LogP) is 0.586. The average molecular weight is 259 g/mol.